The van der Waals surface area contributed by atoms with Crippen LogP contribution in [-0.4, -0.2) is 39.2 Å². The molecule has 3 fully saturated rings. The van der Waals surface area contributed by atoms with E-state index in [0.29, 0.717) is 12.0 Å². The maximum absolute atomic E-state index is 14.6. The molecule has 6 atom stereocenters. The fourth-order valence-corrected chi connectivity index (χ4v) is 8.62. The molecule has 4 aliphatic rings. The zero-order valence-corrected chi connectivity index (χ0v) is 25.6. The van der Waals surface area contributed by atoms with Crippen molar-refractivity contribution in [1.29, 1.82) is 0 Å². The Morgan fingerprint density at radius 2 is 1.68 bits per heavy atom. The Bertz CT molecular complexity index is 1850. The predicted molar refractivity (Wildman–Crippen MR) is 163 cm³/mol. The van der Waals surface area contributed by atoms with Crippen molar-refractivity contribution in [2.45, 2.75) is 52.0 Å². The molecule has 7 rings (SSSR count). The molecule has 44 heavy (non-hydrogen) atoms. The summed E-state index contributed by atoms with van der Waals surface area (Å²) in [5, 5.41) is 12.9. The minimum atomic E-state index is -1.36. The number of carbonyl (C=O) groups excluding carboxylic acids is 4. The maximum atomic E-state index is 14.6. The maximum Gasteiger partial charge on any atom is 0.241 e. The van der Waals surface area contributed by atoms with Gasteiger partial charge >= 0.3 is 0 Å². The Hall–Kier alpha value is -4.04. The minimum absolute atomic E-state index is 0.0222. The standard InChI is InChI=1S/C35H32ClFN2O5/c1-34(2,3)39-30(41)21-12-11-20-22(27(21)32(39)43)16-23-31(42)38(18-10-13-25(37)24(36)15-18)33(44)35(23,4)29(20)28-19-8-6-5-7-17(19)9-14-26(28)40/h5-11,13-15,21-23,27,29,40H,12,16H2,1-4H3. The lowest BCUT2D eigenvalue weighted by molar-refractivity contribution is -0.145. The van der Waals surface area contributed by atoms with Gasteiger partial charge in [0, 0.05) is 17.0 Å². The molecule has 226 valence electrons. The third kappa shape index (κ3) is 3.73. The molecule has 0 radical (unpaired) electrons. The summed E-state index contributed by atoms with van der Waals surface area (Å²) in [6.45, 7) is 7.23. The van der Waals surface area contributed by atoms with Gasteiger partial charge in [-0.15, -0.1) is 0 Å². The van der Waals surface area contributed by atoms with Gasteiger partial charge in [0.2, 0.25) is 23.6 Å². The van der Waals surface area contributed by atoms with Gasteiger partial charge in [-0.05, 0) is 81.5 Å². The van der Waals surface area contributed by atoms with Crippen molar-refractivity contribution in [3.63, 3.8) is 0 Å². The van der Waals surface area contributed by atoms with Crippen LogP contribution in [-0.2, 0) is 19.2 Å². The lowest BCUT2D eigenvalue weighted by atomic mass is 9.51. The monoisotopic (exact) mass is 614 g/mol. The summed E-state index contributed by atoms with van der Waals surface area (Å²) >= 11 is 6.09. The summed E-state index contributed by atoms with van der Waals surface area (Å²) in [6.07, 6.45) is 2.46. The molecule has 2 aliphatic carbocycles. The highest BCUT2D eigenvalue weighted by molar-refractivity contribution is 6.31. The van der Waals surface area contributed by atoms with E-state index in [1.54, 1.807) is 19.1 Å². The first-order chi connectivity index (χ1) is 20.8. The summed E-state index contributed by atoms with van der Waals surface area (Å²) in [5.74, 6) is -5.58. The highest BCUT2D eigenvalue weighted by atomic mass is 35.5. The molecule has 6 unspecified atom stereocenters. The first kappa shape index (κ1) is 28.7. The van der Waals surface area contributed by atoms with E-state index in [4.69, 9.17) is 11.6 Å². The second-order valence-corrected chi connectivity index (χ2v) is 14.1. The fourth-order valence-electron chi connectivity index (χ4n) is 8.44. The van der Waals surface area contributed by atoms with E-state index in [-0.39, 0.29) is 34.7 Å². The Kier molecular flexibility index (Phi) is 6.19. The van der Waals surface area contributed by atoms with Crippen molar-refractivity contribution in [3.8, 4) is 5.75 Å². The Morgan fingerprint density at radius 1 is 0.955 bits per heavy atom. The normalized spacial score (nSPS) is 30.0. The number of rotatable bonds is 2. The number of allylic oxidation sites excluding steroid dienone is 2. The van der Waals surface area contributed by atoms with Crippen LogP contribution >= 0.6 is 11.6 Å². The van der Waals surface area contributed by atoms with Crippen molar-refractivity contribution in [1.82, 2.24) is 4.90 Å². The quantitative estimate of drug-likeness (QED) is 0.267. The molecule has 4 amide bonds. The van der Waals surface area contributed by atoms with Crippen molar-refractivity contribution in [3.05, 3.63) is 82.6 Å². The Labute approximate surface area is 259 Å². The molecule has 1 N–H and O–H groups in total. The zero-order chi connectivity index (χ0) is 31.5. The van der Waals surface area contributed by atoms with Crippen LogP contribution in [0.25, 0.3) is 10.8 Å². The van der Waals surface area contributed by atoms with Gasteiger partial charge in [-0.3, -0.25) is 24.1 Å². The van der Waals surface area contributed by atoms with Crippen LogP contribution in [0.5, 0.6) is 5.75 Å². The second-order valence-electron chi connectivity index (χ2n) is 13.7. The van der Waals surface area contributed by atoms with Gasteiger partial charge in [0.15, 0.2) is 0 Å². The van der Waals surface area contributed by atoms with E-state index >= 15 is 0 Å². The van der Waals surface area contributed by atoms with E-state index in [2.05, 4.69) is 0 Å². The summed E-state index contributed by atoms with van der Waals surface area (Å²) in [6, 6.07) is 14.7. The molecule has 2 aliphatic heterocycles. The first-order valence-corrected chi connectivity index (χ1v) is 15.3. The molecule has 2 saturated heterocycles. The number of nitrogens with zero attached hydrogens (tertiary/aromatic N) is 2. The third-order valence-corrected chi connectivity index (χ3v) is 10.6. The number of imide groups is 2. The molecule has 2 heterocycles. The molecule has 1 saturated carbocycles. The number of hydrogen-bond acceptors (Lipinski definition) is 5. The molecule has 3 aromatic rings. The molecule has 9 heteroatoms. The van der Waals surface area contributed by atoms with Crippen molar-refractivity contribution in [2.24, 2.45) is 29.1 Å². The lowest BCUT2D eigenvalue weighted by Gasteiger charge is -2.49. The number of likely N-dealkylation sites (tertiary alicyclic amines) is 1. The highest BCUT2D eigenvalue weighted by Gasteiger charge is 2.68. The number of anilines is 1. The van der Waals surface area contributed by atoms with E-state index in [9.17, 15) is 28.7 Å². The Balaban J connectivity index is 1.46. The molecule has 0 spiro atoms. The Morgan fingerprint density at radius 3 is 2.39 bits per heavy atom. The number of benzene rings is 3. The molecular formula is C35H32ClFN2O5. The SMILES string of the molecule is CC12C(=O)N(c3ccc(F)c(Cl)c3)C(=O)C1CC1C(=CCC3C(=O)N(C(C)(C)C)C(=O)C31)C2c1c(O)ccc2ccccc12. The molecular weight excluding hydrogens is 583 g/mol. The molecule has 7 nitrogen and oxygen atoms in total. The number of halogens is 2. The van der Waals surface area contributed by atoms with Gasteiger partial charge in [0.1, 0.15) is 11.6 Å². The summed E-state index contributed by atoms with van der Waals surface area (Å²) in [7, 11) is 0. The van der Waals surface area contributed by atoms with Gasteiger partial charge in [0.05, 0.1) is 33.9 Å². The van der Waals surface area contributed by atoms with E-state index < -0.39 is 58.2 Å². The summed E-state index contributed by atoms with van der Waals surface area (Å²) in [4.78, 5) is 59.1. The van der Waals surface area contributed by atoms with Crippen LogP contribution in [0, 0.1) is 34.9 Å². The number of fused-ring (bicyclic) bond motifs is 5. The van der Waals surface area contributed by atoms with E-state index in [0.717, 1.165) is 27.3 Å². The topological polar surface area (TPSA) is 95.0 Å². The molecule has 0 aromatic heterocycles. The van der Waals surface area contributed by atoms with Crippen LogP contribution in [0.3, 0.4) is 0 Å². The van der Waals surface area contributed by atoms with Crippen LogP contribution in [0.4, 0.5) is 10.1 Å². The fraction of sp³-hybridized carbons (Fsp3) is 0.371. The molecule has 3 aromatic carbocycles. The number of amides is 4. The van der Waals surface area contributed by atoms with Gasteiger partial charge in [0.25, 0.3) is 0 Å². The first-order valence-electron chi connectivity index (χ1n) is 14.9. The van der Waals surface area contributed by atoms with E-state index in [1.165, 1.54) is 17.0 Å². The lowest BCUT2D eigenvalue weighted by Crippen LogP contribution is -2.49. The minimum Gasteiger partial charge on any atom is -0.508 e. The number of hydrogen-bond donors (Lipinski definition) is 1. The zero-order valence-electron chi connectivity index (χ0n) is 24.8. The predicted octanol–water partition coefficient (Wildman–Crippen LogP) is 6.37. The number of carbonyl (C=O) groups is 4. The third-order valence-electron chi connectivity index (χ3n) is 10.3. The summed E-state index contributed by atoms with van der Waals surface area (Å²) in [5.41, 5.74) is -0.628. The summed E-state index contributed by atoms with van der Waals surface area (Å²) < 4.78 is 14.1. The van der Waals surface area contributed by atoms with Crippen molar-refractivity contribution in [2.75, 3.05) is 4.90 Å². The van der Waals surface area contributed by atoms with Crippen molar-refractivity contribution < 1.29 is 28.7 Å². The van der Waals surface area contributed by atoms with Crippen LogP contribution in [0.15, 0.2) is 66.2 Å². The van der Waals surface area contributed by atoms with Gasteiger partial charge in [-0.25, -0.2) is 9.29 Å². The number of phenols is 1. The van der Waals surface area contributed by atoms with Crippen LogP contribution in [0.2, 0.25) is 5.02 Å². The van der Waals surface area contributed by atoms with E-state index in [1.807, 2.05) is 51.1 Å². The highest BCUT2D eigenvalue weighted by Crippen LogP contribution is 2.65. The number of aromatic hydroxyl groups is 1. The van der Waals surface area contributed by atoms with Crippen LogP contribution in [0.1, 0.15) is 52.0 Å². The second kappa shape index (κ2) is 9.48. The average Bonchev–Trinajstić information content (AvgIpc) is 3.35. The average molecular weight is 615 g/mol. The number of phenolic OH excluding ortho intramolecular Hbond substituents is 1. The van der Waals surface area contributed by atoms with Crippen molar-refractivity contribution >= 4 is 51.7 Å². The largest absolute Gasteiger partial charge is 0.508 e. The van der Waals surface area contributed by atoms with Crippen LogP contribution < -0.4 is 4.90 Å². The molecule has 0 bridgehead atoms. The smallest absolute Gasteiger partial charge is 0.241 e. The van der Waals surface area contributed by atoms with Gasteiger partial charge in [-0.1, -0.05) is 53.6 Å². The van der Waals surface area contributed by atoms with Gasteiger partial charge < -0.3 is 5.11 Å². The van der Waals surface area contributed by atoms with Gasteiger partial charge in [-0.2, -0.15) is 0 Å².